The van der Waals surface area contributed by atoms with Crippen LogP contribution in [0.5, 0.6) is 5.75 Å². The fourth-order valence-electron chi connectivity index (χ4n) is 5.15. The number of halogens is 1. The maximum Gasteiger partial charge on any atom is 0.225 e. The van der Waals surface area contributed by atoms with Gasteiger partial charge in [-0.15, -0.1) is 0 Å². The molecule has 0 spiro atoms. The molecule has 3 aromatic carbocycles. The molecule has 0 aromatic heterocycles. The van der Waals surface area contributed by atoms with Crippen molar-refractivity contribution in [2.75, 3.05) is 36.5 Å². The third-order valence-corrected chi connectivity index (χ3v) is 7.07. The van der Waals surface area contributed by atoms with E-state index in [0.29, 0.717) is 12.0 Å². The van der Waals surface area contributed by atoms with Crippen molar-refractivity contribution in [3.8, 4) is 5.75 Å². The predicted molar refractivity (Wildman–Crippen MR) is 133 cm³/mol. The largest absolute Gasteiger partial charge is 0.497 e. The SMILES string of the molecule is COc1ccc2c(c1)N1CCN(c3ccc(C)cc3)CC1C(C(=O)NCc1ccccc1F)C2. The first kappa shape index (κ1) is 22.3. The van der Waals surface area contributed by atoms with Gasteiger partial charge in [-0.3, -0.25) is 4.79 Å². The standard InChI is InChI=1S/C28H30FN3O2/c1-19-7-10-22(11-8-19)31-13-14-32-26-16-23(34-2)12-9-20(26)15-24(27(32)18-31)28(33)30-17-21-5-3-4-6-25(21)29/h3-12,16,24,27H,13-15,17-18H2,1-2H3,(H,30,33). The van der Waals surface area contributed by atoms with E-state index in [1.807, 2.05) is 6.07 Å². The highest BCUT2D eigenvalue weighted by Gasteiger charge is 2.41. The Bertz CT molecular complexity index is 1180. The lowest BCUT2D eigenvalue weighted by molar-refractivity contribution is -0.126. The van der Waals surface area contributed by atoms with E-state index in [9.17, 15) is 9.18 Å². The van der Waals surface area contributed by atoms with Crippen LogP contribution in [0.2, 0.25) is 0 Å². The number of benzene rings is 3. The van der Waals surface area contributed by atoms with Gasteiger partial charge in [-0.05, 0) is 43.2 Å². The summed E-state index contributed by atoms with van der Waals surface area (Å²) >= 11 is 0. The van der Waals surface area contributed by atoms with Gasteiger partial charge in [0.2, 0.25) is 5.91 Å². The van der Waals surface area contributed by atoms with Crippen molar-refractivity contribution in [3.05, 3.63) is 89.2 Å². The number of rotatable bonds is 5. The molecule has 2 unspecified atom stereocenters. The summed E-state index contributed by atoms with van der Waals surface area (Å²) < 4.78 is 19.6. The van der Waals surface area contributed by atoms with Gasteiger partial charge >= 0.3 is 0 Å². The number of amides is 1. The minimum absolute atomic E-state index is 0.00952. The molecule has 0 bridgehead atoms. The van der Waals surface area contributed by atoms with Crippen LogP contribution >= 0.6 is 0 Å². The minimum Gasteiger partial charge on any atom is -0.497 e. The molecule has 5 rings (SSSR count). The third kappa shape index (κ3) is 4.32. The zero-order chi connectivity index (χ0) is 23.7. The maximum absolute atomic E-state index is 14.1. The molecular formula is C28H30FN3O2. The number of carbonyl (C=O) groups excluding carboxylic acids is 1. The number of carbonyl (C=O) groups is 1. The van der Waals surface area contributed by atoms with Gasteiger partial charge in [-0.1, -0.05) is 42.0 Å². The lowest BCUT2D eigenvalue weighted by Crippen LogP contribution is -2.61. The topological polar surface area (TPSA) is 44.8 Å². The molecule has 34 heavy (non-hydrogen) atoms. The van der Waals surface area contributed by atoms with Crippen LogP contribution in [-0.4, -0.2) is 38.7 Å². The second-order valence-electron chi connectivity index (χ2n) is 9.16. The molecule has 6 heteroatoms. The number of methoxy groups -OCH3 is 1. The van der Waals surface area contributed by atoms with Crippen LogP contribution in [-0.2, 0) is 17.8 Å². The molecule has 176 valence electrons. The van der Waals surface area contributed by atoms with Gasteiger partial charge in [0.1, 0.15) is 11.6 Å². The van der Waals surface area contributed by atoms with E-state index in [2.05, 4.69) is 58.4 Å². The molecule has 0 radical (unpaired) electrons. The van der Waals surface area contributed by atoms with Crippen molar-refractivity contribution in [3.63, 3.8) is 0 Å². The molecule has 1 amide bonds. The Morgan fingerprint density at radius 1 is 1.09 bits per heavy atom. The van der Waals surface area contributed by atoms with Crippen LogP contribution in [0, 0.1) is 18.7 Å². The quantitative estimate of drug-likeness (QED) is 0.617. The molecule has 0 saturated carbocycles. The van der Waals surface area contributed by atoms with Crippen molar-refractivity contribution in [1.82, 2.24) is 5.32 Å². The smallest absolute Gasteiger partial charge is 0.225 e. The lowest BCUT2D eigenvalue weighted by Gasteiger charge is -2.49. The molecule has 1 fully saturated rings. The molecule has 1 saturated heterocycles. The Morgan fingerprint density at radius 2 is 1.88 bits per heavy atom. The number of anilines is 2. The summed E-state index contributed by atoms with van der Waals surface area (Å²) in [6.45, 7) is 4.71. The van der Waals surface area contributed by atoms with Gasteiger partial charge in [0.05, 0.1) is 19.1 Å². The molecule has 2 heterocycles. The Hall–Kier alpha value is -3.54. The zero-order valence-electron chi connectivity index (χ0n) is 19.6. The summed E-state index contributed by atoms with van der Waals surface area (Å²) in [7, 11) is 1.68. The molecule has 0 aliphatic carbocycles. The Labute approximate surface area is 200 Å². The predicted octanol–water partition coefficient (Wildman–Crippen LogP) is 4.33. The first-order chi connectivity index (χ1) is 16.5. The number of hydrogen-bond acceptors (Lipinski definition) is 4. The van der Waals surface area contributed by atoms with Gasteiger partial charge in [0.15, 0.2) is 0 Å². The number of hydrogen-bond donors (Lipinski definition) is 1. The maximum atomic E-state index is 14.1. The first-order valence-corrected chi connectivity index (χ1v) is 11.8. The molecule has 5 nitrogen and oxygen atoms in total. The summed E-state index contributed by atoms with van der Waals surface area (Å²) in [5.74, 6) is 0.251. The monoisotopic (exact) mass is 459 g/mol. The van der Waals surface area contributed by atoms with E-state index in [1.54, 1.807) is 25.3 Å². The molecule has 1 N–H and O–H groups in total. The third-order valence-electron chi connectivity index (χ3n) is 7.07. The number of nitrogens with one attached hydrogen (secondary N) is 1. The molecule has 2 aliphatic heterocycles. The van der Waals surface area contributed by atoms with Gasteiger partial charge in [0, 0.05) is 49.2 Å². The fourth-order valence-corrected chi connectivity index (χ4v) is 5.15. The number of aryl methyl sites for hydroxylation is 1. The van der Waals surface area contributed by atoms with Crippen LogP contribution in [0.4, 0.5) is 15.8 Å². The second kappa shape index (κ2) is 9.37. The van der Waals surface area contributed by atoms with Crippen molar-refractivity contribution < 1.29 is 13.9 Å². The minimum atomic E-state index is -0.297. The summed E-state index contributed by atoms with van der Waals surface area (Å²) in [5, 5.41) is 3.01. The Morgan fingerprint density at radius 3 is 2.65 bits per heavy atom. The van der Waals surface area contributed by atoms with Crippen molar-refractivity contribution in [2.24, 2.45) is 5.92 Å². The van der Waals surface area contributed by atoms with E-state index in [4.69, 9.17) is 4.74 Å². The molecular weight excluding hydrogens is 429 g/mol. The summed E-state index contributed by atoms with van der Waals surface area (Å²) in [6.07, 6.45) is 0.644. The van der Waals surface area contributed by atoms with Crippen molar-refractivity contribution in [1.29, 1.82) is 0 Å². The normalized spacial score (nSPS) is 19.3. The van der Waals surface area contributed by atoms with Crippen LogP contribution in [0.3, 0.4) is 0 Å². The summed E-state index contributed by atoms with van der Waals surface area (Å²) in [4.78, 5) is 18.2. The van der Waals surface area contributed by atoms with E-state index < -0.39 is 0 Å². The highest BCUT2D eigenvalue weighted by atomic mass is 19.1. The summed E-state index contributed by atoms with van der Waals surface area (Å²) in [5.41, 5.74) is 5.19. The van der Waals surface area contributed by atoms with Crippen LogP contribution in [0.25, 0.3) is 0 Å². The van der Waals surface area contributed by atoms with Crippen LogP contribution in [0.15, 0.2) is 66.7 Å². The fraction of sp³-hybridized carbons (Fsp3) is 0.321. The Kier molecular flexibility index (Phi) is 6.14. The second-order valence-corrected chi connectivity index (χ2v) is 9.16. The number of fused-ring (bicyclic) bond motifs is 3. The lowest BCUT2D eigenvalue weighted by atomic mass is 9.83. The molecule has 2 atom stereocenters. The zero-order valence-corrected chi connectivity index (χ0v) is 19.6. The van der Waals surface area contributed by atoms with Gasteiger partial charge in [0.25, 0.3) is 0 Å². The molecule has 2 aliphatic rings. The van der Waals surface area contributed by atoms with E-state index in [0.717, 1.165) is 36.6 Å². The average Bonchev–Trinajstić information content (AvgIpc) is 2.87. The van der Waals surface area contributed by atoms with Crippen LogP contribution < -0.4 is 19.9 Å². The summed E-state index contributed by atoms with van der Waals surface area (Å²) in [6, 6.07) is 21.2. The van der Waals surface area contributed by atoms with Gasteiger partial charge in [-0.25, -0.2) is 4.39 Å². The van der Waals surface area contributed by atoms with Crippen LogP contribution in [0.1, 0.15) is 16.7 Å². The van der Waals surface area contributed by atoms with E-state index in [-0.39, 0.29) is 30.2 Å². The number of nitrogens with zero attached hydrogens (tertiary/aromatic N) is 2. The first-order valence-electron chi connectivity index (χ1n) is 11.8. The van der Waals surface area contributed by atoms with E-state index in [1.165, 1.54) is 17.3 Å². The van der Waals surface area contributed by atoms with Gasteiger partial charge in [-0.2, -0.15) is 0 Å². The van der Waals surface area contributed by atoms with Gasteiger partial charge < -0.3 is 19.9 Å². The highest BCUT2D eigenvalue weighted by Crippen LogP contribution is 2.39. The molecule has 3 aromatic rings. The number of piperazine rings is 1. The number of ether oxygens (including phenoxy) is 1. The highest BCUT2D eigenvalue weighted by molar-refractivity contribution is 5.82. The van der Waals surface area contributed by atoms with Crippen molar-refractivity contribution in [2.45, 2.75) is 25.9 Å². The average molecular weight is 460 g/mol. The van der Waals surface area contributed by atoms with E-state index >= 15 is 0 Å². The Balaban J connectivity index is 1.42. The van der Waals surface area contributed by atoms with Crippen molar-refractivity contribution >= 4 is 17.3 Å².